The molecule has 0 bridgehead atoms. The lowest BCUT2D eigenvalue weighted by atomic mass is 9.92. The molecular weight excluding hydrogens is 549 g/mol. The fraction of sp³-hybridized carbons (Fsp3) is 1.00. The Kier molecular flexibility index (Phi) is 21.6. The van der Waals surface area contributed by atoms with E-state index < -0.39 is 25.5 Å². The summed E-state index contributed by atoms with van der Waals surface area (Å²) in [7, 11) is -1.36. The standard InChI is InChI=1S/C35H76O4S2/c1-29(2)19-40(20-30(3)4,21-31(5)6)17-13-15-38-27-35(25-36,26-37)28-39-16-14-18-41(22-32(7)8,23-33(9)10)24-34(11)12/h29-34,36-37H,13-28H2,1-12H3. The summed E-state index contributed by atoms with van der Waals surface area (Å²) in [4.78, 5) is 0. The minimum absolute atomic E-state index is 0.115. The Morgan fingerprint density at radius 2 is 0.707 bits per heavy atom. The highest BCUT2D eigenvalue weighted by molar-refractivity contribution is 8.34. The normalized spacial score (nSPS) is 14.5. The topological polar surface area (TPSA) is 58.9 Å². The van der Waals surface area contributed by atoms with Gasteiger partial charge in [0.25, 0.3) is 0 Å². The first-order valence-electron chi connectivity index (χ1n) is 16.9. The molecule has 2 N–H and O–H groups in total. The van der Waals surface area contributed by atoms with Crippen molar-refractivity contribution in [3.63, 3.8) is 0 Å². The molecule has 0 fully saturated rings. The molecule has 0 spiro atoms. The minimum atomic E-state index is -0.727. The maximum Gasteiger partial charge on any atom is 0.0632 e. The van der Waals surface area contributed by atoms with E-state index in [0.717, 1.165) is 48.3 Å². The van der Waals surface area contributed by atoms with Crippen LogP contribution >= 0.6 is 20.1 Å². The van der Waals surface area contributed by atoms with E-state index >= 15 is 0 Å². The number of aliphatic hydroxyl groups is 2. The lowest BCUT2D eigenvalue weighted by Gasteiger charge is -2.45. The molecule has 41 heavy (non-hydrogen) atoms. The molecular formula is C35H76O4S2. The van der Waals surface area contributed by atoms with Crippen molar-refractivity contribution in [2.75, 3.05) is 85.7 Å². The lowest BCUT2D eigenvalue weighted by molar-refractivity contribution is -0.0765. The Balaban J connectivity index is 4.99. The highest BCUT2D eigenvalue weighted by atomic mass is 32.3. The van der Waals surface area contributed by atoms with E-state index in [-0.39, 0.29) is 13.2 Å². The van der Waals surface area contributed by atoms with Crippen molar-refractivity contribution in [2.45, 2.75) is 95.9 Å². The van der Waals surface area contributed by atoms with Crippen molar-refractivity contribution in [2.24, 2.45) is 40.9 Å². The highest BCUT2D eigenvalue weighted by Gasteiger charge is 2.32. The van der Waals surface area contributed by atoms with Gasteiger partial charge in [-0.3, -0.25) is 0 Å². The molecule has 0 aliphatic carbocycles. The van der Waals surface area contributed by atoms with Crippen LogP contribution in [0.15, 0.2) is 0 Å². The molecule has 6 heteroatoms. The average molecular weight is 625 g/mol. The summed E-state index contributed by atoms with van der Waals surface area (Å²) in [5.74, 6) is 15.0. The zero-order valence-electron chi connectivity index (χ0n) is 29.8. The van der Waals surface area contributed by atoms with Crippen molar-refractivity contribution in [1.82, 2.24) is 0 Å². The molecule has 0 radical (unpaired) electrons. The predicted molar refractivity (Wildman–Crippen MR) is 191 cm³/mol. The summed E-state index contributed by atoms with van der Waals surface area (Å²) in [6.45, 7) is 30.3. The van der Waals surface area contributed by atoms with Gasteiger partial charge in [0.15, 0.2) is 0 Å². The third kappa shape index (κ3) is 18.8. The summed E-state index contributed by atoms with van der Waals surface area (Å²) >= 11 is 0. The fourth-order valence-electron chi connectivity index (χ4n) is 6.94. The molecule has 0 saturated carbocycles. The SMILES string of the molecule is CC(C)CS(CCCOCC(CO)(CO)COCCCS(CC(C)C)(CC(C)C)CC(C)C)(CC(C)C)CC(C)C. The molecule has 252 valence electrons. The first-order valence-corrected chi connectivity index (χ1v) is 21.5. The molecule has 0 heterocycles. The zero-order valence-corrected chi connectivity index (χ0v) is 31.4. The number of hydrogen-bond acceptors (Lipinski definition) is 4. The van der Waals surface area contributed by atoms with Gasteiger partial charge in [0.1, 0.15) is 0 Å². The van der Waals surface area contributed by atoms with E-state index in [0.29, 0.717) is 26.4 Å². The summed E-state index contributed by atoms with van der Waals surface area (Å²) in [5, 5.41) is 20.5. The summed E-state index contributed by atoms with van der Waals surface area (Å²) < 4.78 is 12.3. The van der Waals surface area contributed by atoms with Crippen LogP contribution in [0.1, 0.15) is 95.9 Å². The maximum absolute atomic E-state index is 10.2. The van der Waals surface area contributed by atoms with Gasteiger partial charge >= 0.3 is 0 Å². The van der Waals surface area contributed by atoms with E-state index in [1.165, 1.54) is 46.0 Å². The first-order chi connectivity index (χ1) is 19.0. The van der Waals surface area contributed by atoms with Crippen LogP contribution in [-0.2, 0) is 9.47 Å². The molecule has 0 saturated heterocycles. The van der Waals surface area contributed by atoms with Crippen molar-refractivity contribution >= 4 is 20.1 Å². The van der Waals surface area contributed by atoms with Crippen molar-refractivity contribution < 1.29 is 19.7 Å². The fourth-order valence-corrected chi connectivity index (χ4v) is 18.7. The Bertz CT molecular complexity index is 527. The first kappa shape index (κ1) is 41.5. The van der Waals surface area contributed by atoms with Crippen molar-refractivity contribution in [3.8, 4) is 0 Å². The second-order valence-corrected chi connectivity index (χ2v) is 23.6. The number of ether oxygens (including phenoxy) is 2. The quantitative estimate of drug-likeness (QED) is 0.0951. The van der Waals surface area contributed by atoms with Crippen LogP contribution in [0, 0.1) is 40.9 Å². The largest absolute Gasteiger partial charge is 0.396 e. The van der Waals surface area contributed by atoms with Crippen LogP contribution in [0.2, 0.25) is 0 Å². The highest BCUT2D eigenvalue weighted by Crippen LogP contribution is 2.54. The van der Waals surface area contributed by atoms with Crippen LogP contribution in [0.25, 0.3) is 0 Å². The molecule has 0 unspecified atom stereocenters. The second-order valence-electron chi connectivity index (χ2n) is 15.8. The Labute approximate surface area is 261 Å². The lowest BCUT2D eigenvalue weighted by Crippen LogP contribution is -2.40. The smallest absolute Gasteiger partial charge is 0.0632 e. The Hall–Kier alpha value is 0.540. The molecule has 0 aromatic rings. The summed E-state index contributed by atoms with van der Waals surface area (Å²) in [6, 6.07) is 0. The maximum atomic E-state index is 10.2. The molecule has 0 rings (SSSR count). The van der Waals surface area contributed by atoms with Gasteiger partial charge in [-0.25, -0.2) is 20.1 Å². The molecule has 0 aromatic heterocycles. The van der Waals surface area contributed by atoms with Crippen LogP contribution in [-0.4, -0.2) is 95.9 Å². The molecule has 0 amide bonds. The van der Waals surface area contributed by atoms with Gasteiger partial charge in [0, 0.05) is 13.2 Å². The summed E-state index contributed by atoms with van der Waals surface area (Å²) in [5.41, 5.74) is -0.727. The zero-order chi connectivity index (χ0) is 31.7. The second kappa shape index (κ2) is 21.3. The van der Waals surface area contributed by atoms with E-state index in [4.69, 9.17) is 9.47 Å². The van der Waals surface area contributed by atoms with Gasteiger partial charge in [-0.15, -0.1) is 0 Å². The average Bonchev–Trinajstić information content (AvgIpc) is 2.79. The van der Waals surface area contributed by atoms with Crippen LogP contribution in [0.3, 0.4) is 0 Å². The molecule has 0 aliphatic rings. The minimum Gasteiger partial charge on any atom is -0.396 e. The number of rotatable bonds is 26. The molecule has 0 aliphatic heterocycles. The molecule has 0 atom stereocenters. The third-order valence-corrected chi connectivity index (χ3v) is 17.9. The monoisotopic (exact) mass is 625 g/mol. The van der Waals surface area contributed by atoms with Gasteiger partial charge in [0.05, 0.1) is 31.8 Å². The van der Waals surface area contributed by atoms with E-state index in [1.54, 1.807) is 0 Å². The van der Waals surface area contributed by atoms with Gasteiger partial charge in [-0.1, -0.05) is 83.1 Å². The Morgan fingerprint density at radius 1 is 0.463 bits per heavy atom. The van der Waals surface area contributed by atoms with Gasteiger partial charge < -0.3 is 19.7 Å². The van der Waals surface area contributed by atoms with Crippen LogP contribution in [0.4, 0.5) is 0 Å². The van der Waals surface area contributed by atoms with Crippen LogP contribution < -0.4 is 0 Å². The van der Waals surface area contributed by atoms with Gasteiger partial charge in [-0.05, 0) is 94.4 Å². The van der Waals surface area contributed by atoms with Gasteiger partial charge in [0.2, 0.25) is 0 Å². The third-order valence-electron chi connectivity index (χ3n) is 7.34. The van der Waals surface area contributed by atoms with Gasteiger partial charge in [-0.2, -0.15) is 0 Å². The van der Waals surface area contributed by atoms with Crippen molar-refractivity contribution in [1.29, 1.82) is 0 Å². The predicted octanol–water partition coefficient (Wildman–Crippen LogP) is 8.32. The van der Waals surface area contributed by atoms with E-state index in [1.807, 2.05) is 0 Å². The van der Waals surface area contributed by atoms with Crippen molar-refractivity contribution in [3.05, 3.63) is 0 Å². The van der Waals surface area contributed by atoms with E-state index in [9.17, 15) is 10.2 Å². The number of aliphatic hydroxyl groups excluding tert-OH is 2. The van der Waals surface area contributed by atoms with Crippen LogP contribution in [0.5, 0.6) is 0 Å². The molecule has 4 nitrogen and oxygen atoms in total. The van der Waals surface area contributed by atoms with E-state index in [2.05, 4.69) is 83.1 Å². The number of hydrogen-bond donors (Lipinski definition) is 2. The Morgan fingerprint density at radius 3 is 0.902 bits per heavy atom. The summed E-state index contributed by atoms with van der Waals surface area (Å²) in [6.07, 6.45) is 2.11. The molecule has 0 aromatic carbocycles.